The van der Waals surface area contributed by atoms with Crippen molar-refractivity contribution in [2.75, 3.05) is 0 Å². The summed E-state index contributed by atoms with van der Waals surface area (Å²) in [5.41, 5.74) is 0.707. The lowest BCUT2D eigenvalue weighted by molar-refractivity contribution is -0.105. The molecule has 0 amide bonds. The molecule has 3 saturated carbocycles. The van der Waals surface area contributed by atoms with Gasteiger partial charge in [-0.05, 0) is 42.4 Å². The van der Waals surface area contributed by atoms with Gasteiger partial charge in [-0.25, -0.2) is 0 Å². The zero-order valence-electron chi connectivity index (χ0n) is 8.06. The summed E-state index contributed by atoms with van der Waals surface area (Å²) in [7, 11) is 0. The van der Waals surface area contributed by atoms with Crippen LogP contribution in [-0.4, -0.2) is 0 Å². The van der Waals surface area contributed by atoms with Gasteiger partial charge in [0.15, 0.2) is 0 Å². The Morgan fingerprint density at radius 1 is 1.27 bits per heavy atom. The molecule has 0 aromatic heterocycles. The first-order valence-electron chi connectivity index (χ1n) is 5.16. The van der Waals surface area contributed by atoms with Crippen molar-refractivity contribution in [3.05, 3.63) is 0 Å². The molecule has 0 aliphatic heterocycles. The molecule has 0 heterocycles. The van der Waals surface area contributed by atoms with E-state index in [1.807, 2.05) is 0 Å². The molecule has 0 aromatic rings. The summed E-state index contributed by atoms with van der Waals surface area (Å²) in [6, 6.07) is 0. The fourth-order valence-electron chi connectivity index (χ4n) is 3.45. The molecule has 0 saturated heterocycles. The summed E-state index contributed by atoms with van der Waals surface area (Å²) in [6.07, 6.45) is 6.00. The molecule has 11 heavy (non-hydrogen) atoms. The highest BCUT2D eigenvalue weighted by Gasteiger charge is 2.53. The minimum absolute atomic E-state index is 0.707. The largest absolute Gasteiger partial charge is 0.0651 e. The minimum Gasteiger partial charge on any atom is -0.0651 e. The van der Waals surface area contributed by atoms with E-state index in [-0.39, 0.29) is 0 Å². The quantitative estimate of drug-likeness (QED) is 0.539. The Labute approximate surface area is 70.4 Å². The molecule has 0 heteroatoms. The SMILES string of the molecule is CC[C@H]1CCC2CC1C2(C)C. The van der Waals surface area contributed by atoms with Crippen molar-refractivity contribution in [1.82, 2.24) is 0 Å². The molecule has 2 unspecified atom stereocenters. The molecule has 0 spiro atoms. The molecular formula is C11H20. The van der Waals surface area contributed by atoms with Crippen LogP contribution in [0.15, 0.2) is 0 Å². The number of fused-ring (bicyclic) bond motifs is 2. The van der Waals surface area contributed by atoms with Crippen LogP contribution < -0.4 is 0 Å². The van der Waals surface area contributed by atoms with Crippen molar-refractivity contribution in [3.8, 4) is 0 Å². The van der Waals surface area contributed by atoms with Gasteiger partial charge in [0.05, 0.1) is 0 Å². The first-order chi connectivity index (χ1) is 5.16. The van der Waals surface area contributed by atoms with Crippen molar-refractivity contribution >= 4 is 0 Å². The zero-order valence-corrected chi connectivity index (χ0v) is 8.06. The van der Waals surface area contributed by atoms with Crippen LogP contribution in [0.5, 0.6) is 0 Å². The van der Waals surface area contributed by atoms with Gasteiger partial charge in [-0.2, -0.15) is 0 Å². The van der Waals surface area contributed by atoms with Crippen molar-refractivity contribution < 1.29 is 0 Å². The molecule has 3 aliphatic carbocycles. The van der Waals surface area contributed by atoms with Gasteiger partial charge in [-0.15, -0.1) is 0 Å². The van der Waals surface area contributed by atoms with Gasteiger partial charge in [0.2, 0.25) is 0 Å². The van der Waals surface area contributed by atoms with Gasteiger partial charge in [-0.3, -0.25) is 0 Å². The molecule has 64 valence electrons. The van der Waals surface area contributed by atoms with Crippen molar-refractivity contribution in [2.24, 2.45) is 23.2 Å². The maximum Gasteiger partial charge on any atom is -0.0295 e. The lowest BCUT2D eigenvalue weighted by atomic mass is 9.45. The third kappa shape index (κ3) is 0.878. The van der Waals surface area contributed by atoms with E-state index in [9.17, 15) is 0 Å². The summed E-state index contributed by atoms with van der Waals surface area (Å²) in [4.78, 5) is 0. The third-order valence-electron chi connectivity index (χ3n) is 4.53. The van der Waals surface area contributed by atoms with Crippen molar-refractivity contribution in [2.45, 2.75) is 46.5 Å². The summed E-state index contributed by atoms with van der Waals surface area (Å²) in [6.45, 7) is 7.32. The Balaban J connectivity index is 2.10. The summed E-state index contributed by atoms with van der Waals surface area (Å²) in [5.74, 6) is 3.22. The Hall–Kier alpha value is 0. The minimum atomic E-state index is 0.707. The average molecular weight is 152 g/mol. The van der Waals surface area contributed by atoms with Gasteiger partial charge in [0.25, 0.3) is 0 Å². The van der Waals surface area contributed by atoms with E-state index in [1.165, 1.54) is 19.3 Å². The highest BCUT2D eigenvalue weighted by Crippen LogP contribution is 2.61. The standard InChI is InChI=1S/C11H20/c1-4-8-5-6-9-7-10(8)11(9,2)3/h8-10H,4-7H2,1-3H3/t8-,9?,10?/m0/s1. The predicted octanol–water partition coefficient (Wildman–Crippen LogP) is 3.47. The molecule has 3 rings (SSSR count). The lowest BCUT2D eigenvalue weighted by Gasteiger charge is -2.60. The highest BCUT2D eigenvalue weighted by molar-refractivity contribution is 5.02. The summed E-state index contributed by atoms with van der Waals surface area (Å²) in [5, 5.41) is 0. The van der Waals surface area contributed by atoms with Gasteiger partial charge >= 0.3 is 0 Å². The smallest absolute Gasteiger partial charge is 0.0295 e. The summed E-state index contributed by atoms with van der Waals surface area (Å²) >= 11 is 0. The molecule has 0 aromatic carbocycles. The van der Waals surface area contributed by atoms with Crippen LogP contribution in [0.25, 0.3) is 0 Å². The topological polar surface area (TPSA) is 0 Å². The molecule has 3 atom stereocenters. The number of rotatable bonds is 1. The molecule has 0 nitrogen and oxygen atoms in total. The van der Waals surface area contributed by atoms with Gasteiger partial charge in [0.1, 0.15) is 0 Å². The highest BCUT2D eigenvalue weighted by atomic mass is 14.6. The Morgan fingerprint density at radius 3 is 2.36 bits per heavy atom. The lowest BCUT2D eigenvalue weighted by Crippen LogP contribution is -2.52. The Bertz CT molecular complexity index is 155. The molecule has 3 fully saturated rings. The van der Waals surface area contributed by atoms with Gasteiger partial charge in [0, 0.05) is 0 Å². The van der Waals surface area contributed by atoms with Crippen molar-refractivity contribution in [3.63, 3.8) is 0 Å². The average Bonchev–Trinajstić information content (AvgIpc) is 2.04. The molecule has 3 aliphatic rings. The first kappa shape index (κ1) is 7.64. The van der Waals surface area contributed by atoms with Gasteiger partial charge < -0.3 is 0 Å². The molecule has 2 bridgehead atoms. The fraction of sp³-hybridized carbons (Fsp3) is 1.00. The zero-order chi connectivity index (χ0) is 8.06. The second-order valence-corrected chi connectivity index (χ2v) is 5.11. The second kappa shape index (κ2) is 2.24. The van der Waals surface area contributed by atoms with Crippen LogP contribution in [-0.2, 0) is 0 Å². The van der Waals surface area contributed by atoms with E-state index in [4.69, 9.17) is 0 Å². The maximum absolute atomic E-state index is 2.48. The second-order valence-electron chi connectivity index (χ2n) is 5.11. The van der Waals surface area contributed by atoms with Crippen LogP contribution in [0.2, 0.25) is 0 Å². The van der Waals surface area contributed by atoms with Crippen LogP contribution >= 0.6 is 0 Å². The van der Waals surface area contributed by atoms with Crippen molar-refractivity contribution in [1.29, 1.82) is 0 Å². The molecule has 0 N–H and O–H groups in total. The number of hydrogen-bond donors (Lipinski definition) is 0. The Kier molecular flexibility index (Phi) is 1.56. The predicted molar refractivity (Wildman–Crippen MR) is 48.4 cm³/mol. The van der Waals surface area contributed by atoms with E-state index in [0.29, 0.717) is 5.41 Å². The van der Waals surface area contributed by atoms with Crippen LogP contribution in [0, 0.1) is 23.2 Å². The van der Waals surface area contributed by atoms with E-state index < -0.39 is 0 Å². The van der Waals surface area contributed by atoms with Crippen LogP contribution in [0.1, 0.15) is 46.5 Å². The maximum atomic E-state index is 2.48. The van der Waals surface area contributed by atoms with Gasteiger partial charge in [-0.1, -0.05) is 27.2 Å². The number of hydrogen-bond acceptors (Lipinski definition) is 0. The molecule has 0 radical (unpaired) electrons. The normalized spacial score (nSPS) is 46.6. The van der Waals surface area contributed by atoms with E-state index in [0.717, 1.165) is 17.8 Å². The van der Waals surface area contributed by atoms with E-state index >= 15 is 0 Å². The third-order valence-corrected chi connectivity index (χ3v) is 4.53. The molecular weight excluding hydrogens is 132 g/mol. The fourth-order valence-corrected chi connectivity index (χ4v) is 3.45. The van der Waals surface area contributed by atoms with Crippen LogP contribution in [0.3, 0.4) is 0 Å². The van der Waals surface area contributed by atoms with E-state index in [2.05, 4.69) is 20.8 Å². The van der Waals surface area contributed by atoms with Crippen LogP contribution in [0.4, 0.5) is 0 Å². The monoisotopic (exact) mass is 152 g/mol. The first-order valence-corrected chi connectivity index (χ1v) is 5.16. The Morgan fingerprint density at radius 2 is 2.00 bits per heavy atom. The summed E-state index contributed by atoms with van der Waals surface area (Å²) < 4.78 is 0. The van der Waals surface area contributed by atoms with E-state index in [1.54, 1.807) is 6.42 Å².